The van der Waals surface area contributed by atoms with Gasteiger partial charge in [0, 0.05) is 6.92 Å². The summed E-state index contributed by atoms with van der Waals surface area (Å²) >= 11 is 2.15. The minimum atomic E-state index is -0.277. The van der Waals surface area contributed by atoms with E-state index in [0.717, 1.165) is 14.7 Å². The topological polar surface area (TPSA) is 50.7 Å². The van der Waals surface area contributed by atoms with E-state index in [4.69, 9.17) is 4.74 Å². The van der Waals surface area contributed by atoms with Crippen molar-refractivity contribution in [3.8, 4) is 5.75 Å². The van der Waals surface area contributed by atoms with Crippen LogP contribution >= 0.6 is 22.6 Å². The second-order valence-electron chi connectivity index (χ2n) is 4.53. The quantitative estimate of drug-likeness (QED) is 0.465. The van der Waals surface area contributed by atoms with E-state index >= 15 is 0 Å². The van der Waals surface area contributed by atoms with Gasteiger partial charge in [0.25, 0.3) is 0 Å². The first-order valence-electron chi connectivity index (χ1n) is 6.51. The fraction of sp³-hybridized carbons (Fsp3) is 0.125. The van der Waals surface area contributed by atoms with E-state index < -0.39 is 0 Å². The lowest BCUT2D eigenvalue weighted by Crippen LogP contribution is -2.12. The summed E-state index contributed by atoms with van der Waals surface area (Å²) in [6.45, 7) is 1.69. The maximum atomic E-state index is 13.1. The van der Waals surface area contributed by atoms with Crippen LogP contribution in [0.2, 0.25) is 0 Å². The molecule has 2 rings (SSSR count). The standard InChI is InChI=1S/C16H14FIN2O2/c1-11(21)20-19-9-12-5-6-16(15(18)8-12)22-10-13-3-2-4-14(17)7-13/h2-9H,10H2,1H3,(H,20,21)/b19-9-. The van der Waals surface area contributed by atoms with Crippen LogP contribution in [-0.2, 0) is 11.4 Å². The smallest absolute Gasteiger partial charge is 0.236 e. The highest BCUT2D eigenvalue weighted by atomic mass is 127. The largest absolute Gasteiger partial charge is 0.488 e. The maximum absolute atomic E-state index is 13.1. The summed E-state index contributed by atoms with van der Waals surface area (Å²) in [6.07, 6.45) is 1.56. The highest BCUT2D eigenvalue weighted by Gasteiger charge is 2.03. The van der Waals surface area contributed by atoms with Crippen molar-refractivity contribution in [1.29, 1.82) is 0 Å². The van der Waals surface area contributed by atoms with E-state index in [9.17, 15) is 9.18 Å². The molecule has 1 N–H and O–H groups in total. The molecule has 6 heteroatoms. The molecular formula is C16H14FIN2O2. The molecule has 0 radical (unpaired) electrons. The number of rotatable bonds is 5. The van der Waals surface area contributed by atoms with Gasteiger partial charge in [0.05, 0.1) is 9.78 Å². The number of carbonyl (C=O) groups excluding carboxylic acids is 1. The molecule has 2 aromatic rings. The van der Waals surface area contributed by atoms with E-state index in [-0.39, 0.29) is 11.7 Å². The van der Waals surface area contributed by atoms with Gasteiger partial charge in [-0.2, -0.15) is 5.10 Å². The number of hydrogen-bond donors (Lipinski definition) is 1. The van der Waals surface area contributed by atoms with Crippen molar-refractivity contribution >= 4 is 34.7 Å². The average molecular weight is 412 g/mol. The normalized spacial score (nSPS) is 10.7. The van der Waals surface area contributed by atoms with Crippen LogP contribution in [0.15, 0.2) is 47.6 Å². The monoisotopic (exact) mass is 412 g/mol. The first-order chi connectivity index (χ1) is 10.5. The van der Waals surface area contributed by atoms with E-state index in [2.05, 4.69) is 33.1 Å². The van der Waals surface area contributed by atoms with Gasteiger partial charge in [-0.05, 0) is 64.0 Å². The van der Waals surface area contributed by atoms with Gasteiger partial charge < -0.3 is 4.74 Å². The van der Waals surface area contributed by atoms with E-state index in [1.807, 2.05) is 24.3 Å². The predicted octanol–water partition coefficient (Wildman–Crippen LogP) is 3.48. The molecule has 0 unspecified atom stereocenters. The van der Waals surface area contributed by atoms with Gasteiger partial charge in [0.2, 0.25) is 5.91 Å². The lowest BCUT2D eigenvalue weighted by molar-refractivity contribution is -0.118. The number of hydrazone groups is 1. The summed E-state index contributed by atoms with van der Waals surface area (Å²) in [5.74, 6) is 0.211. The summed E-state index contributed by atoms with van der Waals surface area (Å²) in [4.78, 5) is 10.7. The van der Waals surface area contributed by atoms with Crippen LogP contribution in [0.25, 0.3) is 0 Å². The Bertz CT molecular complexity index is 704. The van der Waals surface area contributed by atoms with Gasteiger partial charge in [0.1, 0.15) is 18.2 Å². The van der Waals surface area contributed by atoms with Gasteiger partial charge in [0.15, 0.2) is 0 Å². The number of amides is 1. The van der Waals surface area contributed by atoms with Gasteiger partial charge in [-0.3, -0.25) is 4.79 Å². The van der Waals surface area contributed by atoms with Gasteiger partial charge >= 0.3 is 0 Å². The number of benzene rings is 2. The fourth-order valence-corrected chi connectivity index (χ4v) is 2.40. The molecule has 0 aromatic heterocycles. The van der Waals surface area contributed by atoms with Crippen LogP contribution in [0.1, 0.15) is 18.1 Å². The molecule has 0 atom stereocenters. The Kier molecular flexibility index (Phi) is 5.88. The molecule has 0 spiro atoms. The average Bonchev–Trinajstić information content (AvgIpc) is 2.46. The highest BCUT2D eigenvalue weighted by Crippen LogP contribution is 2.22. The van der Waals surface area contributed by atoms with E-state index in [1.54, 1.807) is 12.3 Å². The molecule has 0 saturated heterocycles. The summed E-state index contributed by atoms with van der Waals surface area (Å²) in [5, 5.41) is 3.80. The molecular weight excluding hydrogens is 398 g/mol. The molecule has 22 heavy (non-hydrogen) atoms. The Morgan fingerprint density at radius 3 is 2.86 bits per heavy atom. The summed E-state index contributed by atoms with van der Waals surface area (Å²) in [5.41, 5.74) is 3.96. The van der Waals surface area contributed by atoms with Crippen molar-refractivity contribution in [3.63, 3.8) is 0 Å². The van der Waals surface area contributed by atoms with Crippen molar-refractivity contribution in [2.24, 2.45) is 5.10 Å². The summed E-state index contributed by atoms with van der Waals surface area (Å²) in [7, 11) is 0. The van der Waals surface area contributed by atoms with Crippen LogP contribution in [0, 0.1) is 9.39 Å². The number of hydrogen-bond acceptors (Lipinski definition) is 3. The molecule has 0 aliphatic heterocycles. The SMILES string of the molecule is CC(=O)N/N=C\c1ccc(OCc2cccc(F)c2)c(I)c1. The van der Waals surface area contributed by atoms with Crippen molar-refractivity contribution in [3.05, 3.63) is 63.0 Å². The second kappa shape index (κ2) is 7.88. The minimum absolute atomic E-state index is 0.221. The lowest BCUT2D eigenvalue weighted by atomic mass is 10.2. The van der Waals surface area contributed by atoms with Crippen molar-refractivity contribution in [2.75, 3.05) is 0 Å². The predicted molar refractivity (Wildman–Crippen MR) is 91.3 cm³/mol. The number of nitrogens with zero attached hydrogens (tertiary/aromatic N) is 1. The number of halogens is 2. The first-order valence-corrected chi connectivity index (χ1v) is 7.59. The van der Waals surface area contributed by atoms with Crippen LogP contribution in [0.3, 0.4) is 0 Å². The van der Waals surface area contributed by atoms with E-state index in [1.165, 1.54) is 19.1 Å². The number of ether oxygens (including phenoxy) is 1. The summed E-state index contributed by atoms with van der Waals surface area (Å²) in [6, 6.07) is 11.8. The number of carbonyl (C=O) groups is 1. The van der Waals surface area contributed by atoms with Crippen LogP contribution in [0.5, 0.6) is 5.75 Å². The van der Waals surface area contributed by atoms with Crippen LogP contribution in [-0.4, -0.2) is 12.1 Å². The first kappa shape index (κ1) is 16.4. The molecule has 4 nitrogen and oxygen atoms in total. The molecule has 114 valence electrons. The zero-order chi connectivity index (χ0) is 15.9. The third-order valence-electron chi connectivity index (χ3n) is 2.67. The second-order valence-corrected chi connectivity index (χ2v) is 5.70. The van der Waals surface area contributed by atoms with Crippen molar-refractivity contribution in [2.45, 2.75) is 13.5 Å². The molecule has 0 saturated carbocycles. The molecule has 2 aromatic carbocycles. The molecule has 0 aliphatic rings. The third kappa shape index (κ3) is 5.10. The maximum Gasteiger partial charge on any atom is 0.236 e. The lowest BCUT2D eigenvalue weighted by Gasteiger charge is -2.09. The van der Waals surface area contributed by atoms with Crippen LogP contribution in [0.4, 0.5) is 4.39 Å². The Balaban J connectivity index is 2.00. The molecule has 0 bridgehead atoms. The molecule has 1 amide bonds. The van der Waals surface area contributed by atoms with Gasteiger partial charge in [-0.15, -0.1) is 0 Å². The van der Waals surface area contributed by atoms with Gasteiger partial charge in [-0.25, -0.2) is 9.82 Å². The summed E-state index contributed by atoms with van der Waals surface area (Å²) < 4.78 is 19.7. The minimum Gasteiger partial charge on any atom is -0.488 e. The Morgan fingerprint density at radius 2 is 2.18 bits per heavy atom. The van der Waals surface area contributed by atoms with E-state index in [0.29, 0.717) is 12.4 Å². The van der Waals surface area contributed by atoms with Crippen molar-refractivity contribution < 1.29 is 13.9 Å². The molecule has 0 fully saturated rings. The zero-order valence-electron chi connectivity index (χ0n) is 11.8. The Hall–Kier alpha value is -1.96. The fourth-order valence-electron chi connectivity index (χ4n) is 1.70. The third-order valence-corrected chi connectivity index (χ3v) is 3.52. The van der Waals surface area contributed by atoms with Gasteiger partial charge in [-0.1, -0.05) is 12.1 Å². The highest BCUT2D eigenvalue weighted by molar-refractivity contribution is 14.1. The molecule has 0 aliphatic carbocycles. The molecule has 0 heterocycles. The van der Waals surface area contributed by atoms with Crippen LogP contribution < -0.4 is 10.2 Å². The van der Waals surface area contributed by atoms with Crippen molar-refractivity contribution in [1.82, 2.24) is 5.43 Å². The number of nitrogens with one attached hydrogen (secondary N) is 1. The Labute approximate surface area is 141 Å². The Morgan fingerprint density at radius 1 is 1.36 bits per heavy atom. The zero-order valence-corrected chi connectivity index (χ0v) is 14.0.